The van der Waals surface area contributed by atoms with E-state index in [1.165, 1.54) is 0 Å². The van der Waals surface area contributed by atoms with Gasteiger partial charge in [0.2, 0.25) is 0 Å². The lowest BCUT2D eigenvalue weighted by atomic mass is 10.0. The third kappa shape index (κ3) is 3.00. The van der Waals surface area contributed by atoms with Crippen LogP contribution in [0.2, 0.25) is 0 Å². The van der Waals surface area contributed by atoms with Crippen LogP contribution in [-0.2, 0) is 0 Å². The highest BCUT2D eigenvalue weighted by molar-refractivity contribution is 9.10. The fourth-order valence-corrected chi connectivity index (χ4v) is 1.67. The maximum absolute atomic E-state index is 5.69. The molecule has 0 bridgehead atoms. The lowest BCUT2D eigenvalue weighted by Gasteiger charge is -2.22. The summed E-state index contributed by atoms with van der Waals surface area (Å²) in [6.45, 7) is 4.99. The molecule has 0 fully saturated rings. The highest BCUT2D eigenvalue weighted by Crippen LogP contribution is 2.22. The molecule has 0 amide bonds. The van der Waals surface area contributed by atoms with Gasteiger partial charge in [-0.3, -0.25) is 0 Å². The van der Waals surface area contributed by atoms with Gasteiger partial charge >= 0.3 is 0 Å². The maximum atomic E-state index is 5.69. The molecule has 2 nitrogen and oxygen atoms in total. The smallest absolute Gasteiger partial charge is 0.0487 e. The van der Waals surface area contributed by atoms with Crippen LogP contribution in [-0.4, -0.2) is 12.6 Å². The molecule has 1 rings (SSSR count). The second-order valence-electron chi connectivity index (χ2n) is 3.71. The summed E-state index contributed by atoms with van der Waals surface area (Å²) in [4.78, 5) is 0. The van der Waals surface area contributed by atoms with Crippen LogP contribution in [0.25, 0.3) is 0 Å². The van der Waals surface area contributed by atoms with E-state index in [-0.39, 0.29) is 0 Å². The van der Waals surface area contributed by atoms with Crippen molar-refractivity contribution >= 4 is 21.6 Å². The number of nitrogens with two attached hydrogens (primary N) is 1. The van der Waals surface area contributed by atoms with Crippen molar-refractivity contribution in [1.82, 2.24) is 0 Å². The van der Waals surface area contributed by atoms with Gasteiger partial charge in [0.1, 0.15) is 0 Å². The normalized spacial score (nSPS) is 12.9. The van der Waals surface area contributed by atoms with Crippen LogP contribution in [0.5, 0.6) is 0 Å². The molecule has 14 heavy (non-hydrogen) atoms. The molecule has 0 aliphatic carbocycles. The van der Waals surface area contributed by atoms with Crippen LogP contribution in [0, 0.1) is 5.92 Å². The van der Waals surface area contributed by atoms with Crippen molar-refractivity contribution in [1.29, 1.82) is 0 Å². The zero-order chi connectivity index (χ0) is 10.6. The van der Waals surface area contributed by atoms with Gasteiger partial charge in [0.05, 0.1) is 0 Å². The Labute approximate surface area is 94.0 Å². The van der Waals surface area contributed by atoms with Crippen molar-refractivity contribution in [2.45, 2.75) is 19.9 Å². The molecular formula is C11H17BrN2. The number of nitrogens with one attached hydrogen (secondary N) is 1. The zero-order valence-electron chi connectivity index (χ0n) is 8.63. The first-order chi connectivity index (χ1) is 6.65. The predicted octanol–water partition coefficient (Wildman–Crippen LogP) is 2.84. The average Bonchev–Trinajstić information content (AvgIpc) is 2.16. The Kier molecular flexibility index (Phi) is 4.42. The third-order valence-electron chi connectivity index (χ3n) is 2.27. The zero-order valence-corrected chi connectivity index (χ0v) is 10.2. The molecule has 0 aliphatic rings. The molecule has 3 heteroatoms. The Morgan fingerprint density at radius 1 is 1.36 bits per heavy atom. The summed E-state index contributed by atoms with van der Waals surface area (Å²) in [5, 5.41) is 3.42. The molecule has 0 aromatic heterocycles. The first-order valence-corrected chi connectivity index (χ1v) is 5.65. The van der Waals surface area contributed by atoms with E-state index in [2.05, 4.69) is 41.2 Å². The average molecular weight is 257 g/mol. The SMILES string of the molecule is CC(C)C(CN)Nc1ccccc1Br. The van der Waals surface area contributed by atoms with E-state index in [4.69, 9.17) is 5.73 Å². The predicted molar refractivity (Wildman–Crippen MR) is 65.4 cm³/mol. The minimum atomic E-state index is 0.327. The molecule has 1 aromatic rings. The molecule has 0 radical (unpaired) electrons. The molecule has 0 heterocycles. The minimum absolute atomic E-state index is 0.327. The van der Waals surface area contributed by atoms with Gasteiger partial charge in [0, 0.05) is 22.7 Å². The lowest BCUT2D eigenvalue weighted by molar-refractivity contribution is 0.531. The van der Waals surface area contributed by atoms with Gasteiger partial charge in [-0.1, -0.05) is 26.0 Å². The standard InChI is InChI=1S/C11H17BrN2/c1-8(2)11(7-13)14-10-6-4-3-5-9(10)12/h3-6,8,11,14H,7,13H2,1-2H3. The van der Waals surface area contributed by atoms with Gasteiger partial charge in [-0.15, -0.1) is 0 Å². The summed E-state index contributed by atoms with van der Waals surface area (Å²) in [7, 11) is 0. The van der Waals surface area contributed by atoms with Crippen LogP contribution in [0.3, 0.4) is 0 Å². The van der Waals surface area contributed by atoms with E-state index in [0.29, 0.717) is 18.5 Å². The monoisotopic (exact) mass is 256 g/mol. The second-order valence-corrected chi connectivity index (χ2v) is 4.56. The van der Waals surface area contributed by atoms with E-state index in [1.54, 1.807) is 0 Å². The molecule has 1 atom stereocenters. The van der Waals surface area contributed by atoms with Crippen molar-refractivity contribution < 1.29 is 0 Å². The number of rotatable bonds is 4. The lowest BCUT2D eigenvalue weighted by Crippen LogP contribution is -2.33. The number of benzene rings is 1. The van der Waals surface area contributed by atoms with Gasteiger partial charge in [-0.25, -0.2) is 0 Å². The summed E-state index contributed by atoms with van der Waals surface area (Å²) < 4.78 is 1.08. The van der Waals surface area contributed by atoms with Crippen molar-refractivity contribution in [2.24, 2.45) is 11.7 Å². The van der Waals surface area contributed by atoms with Crippen LogP contribution in [0.4, 0.5) is 5.69 Å². The van der Waals surface area contributed by atoms with Crippen LogP contribution in [0.1, 0.15) is 13.8 Å². The number of anilines is 1. The molecule has 0 saturated heterocycles. The van der Waals surface area contributed by atoms with Gasteiger partial charge < -0.3 is 11.1 Å². The van der Waals surface area contributed by atoms with Crippen LogP contribution < -0.4 is 11.1 Å². The van der Waals surface area contributed by atoms with E-state index >= 15 is 0 Å². The largest absolute Gasteiger partial charge is 0.380 e. The maximum Gasteiger partial charge on any atom is 0.0487 e. The van der Waals surface area contributed by atoms with E-state index < -0.39 is 0 Å². The fraction of sp³-hybridized carbons (Fsp3) is 0.455. The molecule has 78 valence electrons. The van der Waals surface area contributed by atoms with E-state index in [0.717, 1.165) is 10.2 Å². The molecule has 3 N–H and O–H groups in total. The first kappa shape index (κ1) is 11.5. The van der Waals surface area contributed by atoms with Crippen molar-refractivity contribution in [3.8, 4) is 0 Å². The summed E-state index contributed by atoms with van der Waals surface area (Å²) in [5.74, 6) is 0.534. The van der Waals surface area contributed by atoms with Crippen molar-refractivity contribution in [2.75, 3.05) is 11.9 Å². The summed E-state index contributed by atoms with van der Waals surface area (Å²) in [6, 6.07) is 8.42. The van der Waals surface area contributed by atoms with Gasteiger partial charge in [-0.2, -0.15) is 0 Å². The van der Waals surface area contributed by atoms with E-state index in [1.807, 2.05) is 18.2 Å². The van der Waals surface area contributed by atoms with Gasteiger partial charge in [-0.05, 0) is 34.0 Å². The third-order valence-corrected chi connectivity index (χ3v) is 2.96. The van der Waals surface area contributed by atoms with Gasteiger partial charge in [0.15, 0.2) is 0 Å². The van der Waals surface area contributed by atoms with Gasteiger partial charge in [0.25, 0.3) is 0 Å². The number of halogens is 1. The molecule has 1 unspecified atom stereocenters. The minimum Gasteiger partial charge on any atom is -0.380 e. The highest BCUT2D eigenvalue weighted by atomic mass is 79.9. The van der Waals surface area contributed by atoms with Crippen molar-refractivity contribution in [3.63, 3.8) is 0 Å². The Hall–Kier alpha value is -0.540. The summed E-state index contributed by atoms with van der Waals surface area (Å²) >= 11 is 3.50. The number of para-hydroxylation sites is 1. The molecule has 0 aliphatic heterocycles. The summed E-state index contributed by atoms with van der Waals surface area (Å²) in [6.07, 6.45) is 0. The molecule has 0 spiro atoms. The van der Waals surface area contributed by atoms with Crippen LogP contribution in [0.15, 0.2) is 28.7 Å². The molecule has 0 saturated carbocycles. The van der Waals surface area contributed by atoms with Crippen molar-refractivity contribution in [3.05, 3.63) is 28.7 Å². The number of hydrogen-bond donors (Lipinski definition) is 2. The highest BCUT2D eigenvalue weighted by Gasteiger charge is 2.11. The topological polar surface area (TPSA) is 38.0 Å². The quantitative estimate of drug-likeness (QED) is 0.870. The first-order valence-electron chi connectivity index (χ1n) is 4.86. The molecular weight excluding hydrogens is 240 g/mol. The Balaban J connectivity index is 2.72. The Bertz CT molecular complexity index is 286. The Morgan fingerprint density at radius 2 is 2.00 bits per heavy atom. The molecule has 1 aromatic carbocycles. The van der Waals surface area contributed by atoms with E-state index in [9.17, 15) is 0 Å². The second kappa shape index (κ2) is 5.37. The summed E-state index contributed by atoms with van der Waals surface area (Å²) in [5.41, 5.74) is 6.80. The number of hydrogen-bond acceptors (Lipinski definition) is 2. The fourth-order valence-electron chi connectivity index (χ4n) is 1.28. The Morgan fingerprint density at radius 3 is 2.50 bits per heavy atom. The van der Waals surface area contributed by atoms with Crippen LogP contribution >= 0.6 is 15.9 Å².